The molecule has 4 rings (SSSR count). The molecule has 1 unspecified atom stereocenters. The van der Waals surface area contributed by atoms with Gasteiger partial charge in [-0.05, 0) is 92.8 Å². The average molecular weight is 483 g/mol. The normalized spacial score (nSPS) is 25.9. The monoisotopic (exact) mass is 482 g/mol. The quantitative estimate of drug-likeness (QED) is 0.642. The third-order valence-electron chi connectivity index (χ3n) is 6.41. The first kappa shape index (κ1) is 22.9. The van der Waals surface area contributed by atoms with Gasteiger partial charge < -0.3 is 15.4 Å². The summed E-state index contributed by atoms with van der Waals surface area (Å²) in [6.07, 6.45) is 4.12. The fraction of sp³-hybridized carbons (Fsp3) is 0.478. The molecule has 0 amide bonds. The van der Waals surface area contributed by atoms with Crippen molar-refractivity contribution < 1.29 is 13.2 Å². The van der Waals surface area contributed by atoms with E-state index in [2.05, 4.69) is 10.6 Å². The Hall–Kier alpha value is -1.31. The van der Waals surface area contributed by atoms with Gasteiger partial charge in [0.25, 0.3) is 0 Å². The largest absolute Gasteiger partial charge is 0.485 e. The molecule has 8 heteroatoms. The van der Waals surface area contributed by atoms with E-state index in [1.807, 2.05) is 13.1 Å². The van der Waals surface area contributed by atoms with E-state index < -0.39 is 9.84 Å². The Bertz CT molecular complexity index is 1040. The van der Waals surface area contributed by atoms with E-state index in [4.69, 9.17) is 27.9 Å². The van der Waals surface area contributed by atoms with E-state index in [1.54, 1.807) is 30.3 Å². The molecule has 0 spiro atoms. The number of piperidine rings is 1. The van der Waals surface area contributed by atoms with Crippen LogP contribution in [0.2, 0.25) is 10.0 Å². The molecular weight excluding hydrogens is 455 g/mol. The summed E-state index contributed by atoms with van der Waals surface area (Å²) < 4.78 is 30.1. The predicted octanol–water partition coefficient (Wildman–Crippen LogP) is 4.28. The average Bonchev–Trinajstić information content (AvgIpc) is 3.07. The Morgan fingerprint density at radius 3 is 2.61 bits per heavy atom. The van der Waals surface area contributed by atoms with Gasteiger partial charge in [0.15, 0.2) is 9.84 Å². The van der Waals surface area contributed by atoms with Crippen molar-refractivity contribution in [2.45, 2.75) is 36.3 Å². The summed E-state index contributed by atoms with van der Waals surface area (Å²) in [5.41, 5.74) is 2.11. The van der Waals surface area contributed by atoms with Gasteiger partial charge in [0.1, 0.15) is 11.9 Å². The van der Waals surface area contributed by atoms with Gasteiger partial charge in [-0.3, -0.25) is 0 Å². The van der Waals surface area contributed by atoms with Crippen molar-refractivity contribution in [2.75, 3.05) is 26.4 Å². The Morgan fingerprint density at radius 2 is 1.94 bits per heavy atom. The van der Waals surface area contributed by atoms with Gasteiger partial charge in [-0.25, -0.2) is 8.42 Å². The zero-order valence-corrected chi connectivity index (χ0v) is 20.0. The van der Waals surface area contributed by atoms with Crippen LogP contribution in [-0.2, 0) is 16.3 Å². The smallest absolute Gasteiger partial charge is 0.175 e. The number of hydrogen-bond acceptors (Lipinski definition) is 5. The third kappa shape index (κ3) is 4.88. The summed E-state index contributed by atoms with van der Waals surface area (Å²) in [5, 5.41) is 8.33. The van der Waals surface area contributed by atoms with Crippen molar-refractivity contribution in [3.8, 4) is 5.75 Å². The maximum Gasteiger partial charge on any atom is 0.175 e. The summed E-state index contributed by atoms with van der Waals surface area (Å²) in [6, 6.07) is 10.6. The number of nitrogens with one attached hydrogen (secondary N) is 2. The molecule has 0 saturated carbocycles. The van der Waals surface area contributed by atoms with Crippen LogP contribution < -0.4 is 15.4 Å². The molecule has 0 radical (unpaired) electrons. The highest BCUT2D eigenvalue weighted by atomic mass is 35.5. The standard InChI is InChI=1S/C23H28Cl2N2O3S/c1-26-13-14-4-3-9-27-22(14)20-12-18-19(10-15(24)11-21(18)25)23(20)30-16-5-7-17(8-6-16)31(2,28)29/h5-8,10-11,14,20,22-23,26-27H,3-4,9,12-13H2,1-2H3/t14?,20-,22+,23+/m0/s1. The van der Waals surface area contributed by atoms with Crippen molar-refractivity contribution in [2.24, 2.45) is 11.8 Å². The van der Waals surface area contributed by atoms with Crippen molar-refractivity contribution in [3.05, 3.63) is 57.6 Å². The number of rotatable bonds is 6. The lowest BCUT2D eigenvalue weighted by Gasteiger charge is -2.39. The predicted molar refractivity (Wildman–Crippen MR) is 125 cm³/mol. The molecule has 31 heavy (non-hydrogen) atoms. The SMILES string of the molecule is CNCC1CCCN[C@H]1[C@@H]1Cc2c(Cl)cc(Cl)cc2[C@H]1Oc1ccc(S(C)(=O)=O)cc1. The molecular formula is C23H28Cl2N2O3S. The fourth-order valence-electron chi connectivity index (χ4n) is 5.02. The minimum absolute atomic E-state index is 0.194. The molecule has 4 atom stereocenters. The molecule has 2 aromatic rings. The minimum atomic E-state index is -3.26. The van der Waals surface area contributed by atoms with Crippen LogP contribution >= 0.6 is 23.2 Å². The maximum atomic E-state index is 11.8. The number of benzene rings is 2. The van der Waals surface area contributed by atoms with Crippen molar-refractivity contribution >= 4 is 33.0 Å². The first-order chi connectivity index (χ1) is 14.8. The van der Waals surface area contributed by atoms with Crippen LogP contribution in [0.5, 0.6) is 5.75 Å². The molecule has 0 bridgehead atoms. The van der Waals surface area contributed by atoms with Gasteiger partial charge in [0.2, 0.25) is 0 Å². The molecule has 2 aromatic carbocycles. The zero-order chi connectivity index (χ0) is 22.2. The Kier molecular flexibility index (Phi) is 6.85. The van der Waals surface area contributed by atoms with Crippen LogP contribution in [0.1, 0.15) is 30.1 Å². The third-order valence-corrected chi connectivity index (χ3v) is 8.10. The van der Waals surface area contributed by atoms with Crippen LogP contribution in [-0.4, -0.2) is 40.9 Å². The van der Waals surface area contributed by atoms with E-state index in [9.17, 15) is 8.42 Å². The number of ether oxygens (including phenoxy) is 1. The number of halogens is 2. The van der Waals surface area contributed by atoms with E-state index in [-0.39, 0.29) is 23.0 Å². The van der Waals surface area contributed by atoms with E-state index in [0.29, 0.717) is 21.7 Å². The summed E-state index contributed by atoms with van der Waals surface area (Å²) in [7, 11) is -1.27. The lowest BCUT2D eigenvalue weighted by molar-refractivity contribution is 0.0883. The van der Waals surface area contributed by atoms with Gasteiger partial charge in [-0.15, -0.1) is 0 Å². The van der Waals surface area contributed by atoms with Gasteiger partial charge in [0, 0.05) is 28.3 Å². The molecule has 5 nitrogen and oxygen atoms in total. The van der Waals surface area contributed by atoms with E-state index in [0.717, 1.165) is 43.5 Å². The molecule has 1 aliphatic carbocycles. The highest BCUT2D eigenvalue weighted by molar-refractivity contribution is 7.90. The second-order valence-corrected chi connectivity index (χ2v) is 11.4. The second-order valence-electron chi connectivity index (χ2n) is 8.55. The highest BCUT2D eigenvalue weighted by Crippen LogP contribution is 2.47. The number of sulfone groups is 1. The maximum absolute atomic E-state index is 11.8. The summed E-state index contributed by atoms with van der Waals surface area (Å²) >= 11 is 12.9. The second kappa shape index (κ2) is 9.28. The van der Waals surface area contributed by atoms with Crippen LogP contribution in [0.15, 0.2) is 41.3 Å². The van der Waals surface area contributed by atoms with E-state index >= 15 is 0 Å². The van der Waals surface area contributed by atoms with Crippen LogP contribution in [0.3, 0.4) is 0 Å². The van der Waals surface area contributed by atoms with Crippen LogP contribution in [0.25, 0.3) is 0 Å². The Morgan fingerprint density at radius 1 is 1.19 bits per heavy atom. The first-order valence-electron chi connectivity index (χ1n) is 10.6. The molecule has 1 fully saturated rings. The topological polar surface area (TPSA) is 67.4 Å². The molecule has 1 saturated heterocycles. The Labute approximate surface area is 194 Å². The summed E-state index contributed by atoms with van der Waals surface area (Å²) in [6.45, 7) is 1.93. The van der Waals surface area contributed by atoms with Gasteiger partial charge in [-0.1, -0.05) is 23.2 Å². The Balaban J connectivity index is 1.69. The van der Waals surface area contributed by atoms with Crippen molar-refractivity contribution in [1.29, 1.82) is 0 Å². The highest BCUT2D eigenvalue weighted by Gasteiger charge is 2.43. The summed E-state index contributed by atoms with van der Waals surface area (Å²) in [5.74, 6) is 1.32. The lowest BCUT2D eigenvalue weighted by Crippen LogP contribution is -2.50. The molecule has 1 heterocycles. The number of fused-ring (bicyclic) bond motifs is 1. The van der Waals surface area contributed by atoms with Crippen molar-refractivity contribution in [1.82, 2.24) is 10.6 Å². The van der Waals surface area contributed by atoms with Gasteiger partial charge in [0.05, 0.1) is 4.90 Å². The zero-order valence-electron chi connectivity index (χ0n) is 17.7. The lowest BCUT2D eigenvalue weighted by atomic mass is 9.80. The van der Waals surface area contributed by atoms with Gasteiger partial charge >= 0.3 is 0 Å². The summed E-state index contributed by atoms with van der Waals surface area (Å²) in [4.78, 5) is 0.275. The molecule has 2 N–H and O–H groups in total. The van der Waals surface area contributed by atoms with Crippen LogP contribution in [0, 0.1) is 11.8 Å². The van der Waals surface area contributed by atoms with E-state index in [1.165, 1.54) is 6.26 Å². The molecule has 168 valence electrons. The first-order valence-corrected chi connectivity index (χ1v) is 13.2. The molecule has 0 aromatic heterocycles. The molecule has 2 aliphatic rings. The fourth-order valence-corrected chi connectivity index (χ4v) is 6.23. The van der Waals surface area contributed by atoms with Crippen LogP contribution in [0.4, 0.5) is 0 Å². The molecule has 1 aliphatic heterocycles. The number of hydrogen-bond donors (Lipinski definition) is 2. The minimum Gasteiger partial charge on any atom is -0.485 e. The van der Waals surface area contributed by atoms with Gasteiger partial charge in [-0.2, -0.15) is 0 Å². The van der Waals surface area contributed by atoms with Crippen molar-refractivity contribution in [3.63, 3.8) is 0 Å².